The van der Waals surface area contributed by atoms with Gasteiger partial charge in [0.25, 0.3) is 0 Å². The summed E-state index contributed by atoms with van der Waals surface area (Å²) in [7, 11) is 1.66. The summed E-state index contributed by atoms with van der Waals surface area (Å²) in [5.41, 5.74) is 3.26. The third kappa shape index (κ3) is 2.70. The molecule has 0 aliphatic heterocycles. The zero-order chi connectivity index (χ0) is 12.1. The average Bonchev–Trinajstić information content (AvgIpc) is 2.26. The van der Waals surface area contributed by atoms with Gasteiger partial charge in [0.1, 0.15) is 0 Å². The molecule has 0 heterocycles. The van der Waals surface area contributed by atoms with Crippen molar-refractivity contribution in [1.29, 1.82) is 0 Å². The molecule has 0 saturated carbocycles. The Morgan fingerprint density at radius 3 is 2.38 bits per heavy atom. The van der Waals surface area contributed by atoms with Crippen LogP contribution in [0.3, 0.4) is 0 Å². The number of amides is 2. The number of benzene rings is 1. The first-order valence-electron chi connectivity index (χ1n) is 5.16. The number of hydrogen-bond acceptors (Lipinski definition) is 2. The molecule has 0 aliphatic carbocycles. The molecule has 0 spiro atoms. The second-order valence-electron chi connectivity index (χ2n) is 3.64. The van der Waals surface area contributed by atoms with Gasteiger partial charge in [0.2, 0.25) is 0 Å². The van der Waals surface area contributed by atoms with Crippen LogP contribution in [-0.4, -0.2) is 25.2 Å². The number of nitrogens with one attached hydrogen (secondary N) is 1. The van der Waals surface area contributed by atoms with Crippen molar-refractivity contribution in [2.45, 2.75) is 13.8 Å². The Balaban J connectivity index is 3.15. The van der Waals surface area contributed by atoms with Gasteiger partial charge in [-0.15, -0.1) is 11.8 Å². The molecule has 0 fully saturated rings. The maximum Gasteiger partial charge on any atom is 0.322 e. The molecule has 1 aromatic carbocycles. The Morgan fingerprint density at radius 1 is 1.38 bits per heavy atom. The summed E-state index contributed by atoms with van der Waals surface area (Å²) in [5.74, 6) is 0.658. The summed E-state index contributed by atoms with van der Waals surface area (Å²) in [6.45, 7) is 4.05. The lowest BCUT2D eigenvalue weighted by Crippen LogP contribution is -2.38. The Kier molecular flexibility index (Phi) is 4.68. The summed E-state index contributed by atoms with van der Waals surface area (Å²) in [6.07, 6.45) is 1.99. The molecule has 1 rings (SSSR count). The second kappa shape index (κ2) is 5.80. The SMILES string of the molecule is CNC(=O)N(CSC)c1c(C)cccc1C. The van der Waals surface area contributed by atoms with Crippen LogP contribution in [0.1, 0.15) is 11.1 Å². The molecule has 0 unspecified atom stereocenters. The Morgan fingerprint density at radius 2 is 1.94 bits per heavy atom. The normalized spacial score (nSPS) is 10.0. The largest absolute Gasteiger partial charge is 0.341 e. The molecule has 3 nitrogen and oxygen atoms in total. The molecular formula is C12H18N2OS. The monoisotopic (exact) mass is 238 g/mol. The Labute approximate surface area is 101 Å². The molecule has 0 saturated heterocycles. The van der Waals surface area contributed by atoms with Crippen molar-refractivity contribution in [3.8, 4) is 0 Å². The molecular weight excluding hydrogens is 220 g/mol. The summed E-state index contributed by atoms with van der Waals surface area (Å²) in [5, 5.41) is 2.68. The molecule has 0 atom stereocenters. The summed E-state index contributed by atoms with van der Waals surface area (Å²) >= 11 is 1.63. The van der Waals surface area contributed by atoms with Gasteiger partial charge >= 0.3 is 6.03 Å². The van der Waals surface area contributed by atoms with Crippen molar-refractivity contribution >= 4 is 23.5 Å². The molecule has 1 N–H and O–H groups in total. The summed E-state index contributed by atoms with van der Waals surface area (Å²) in [6, 6.07) is 6.00. The number of urea groups is 1. The van der Waals surface area contributed by atoms with E-state index in [0.717, 1.165) is 16.8 Å². The van der Waals surface area contributed by atoms with Crippen LogP contribution in [0.4, 0.5) is 10.5 Å². The van der Waals surface area contributed by atoms with Crippen LogP contribution < -0.4 is 10.2 Å². The minimum Gasteiger partial charge on any atom is -0.341 e. The van der Waals surface area contributed by atoms with Gasteiger partial charge in [-0.3, -0.25) is 4.90 Å². The van der Waals surface area contributed by atoms with Gasteiger partial charge < -0.3 is 5.32 Å². The number of carbonyl (C=O) groups excluding carboxylic acids is 1. The van der Waals surface area contributed by atoms with Crippen molar-refractivity contribution in [2.75, 3.05) is 24.1 Å². The third-order valence-corrected chi connectivity index (χ3v) is 2.94. The fourth-order valence-electron chi connectivity index (χ4n) is 1.72. The van der Waals surface area contributed by atoms with E-state index >= 15 is 0 Å². The zero-order valence-corrected chi connectivity index (χ0v) is 11.0. The molecule has 0 bridgehead atoms. The minimum atomic E-state index is -0.0632. The van der Waals surface area contributed by atoms with Crippen molar-refractivity contribution in [3.63, 3.8) is 0 Å². The van der Waals surface area contributed by atoms with Gasteiger partial charge in [-0.2, -0.15) is 0 Å². The van der Waals surface area contributed by atoms with E-state index in [-0.39, 0.29) is 6.03 Å². The molecule has 0 aromatic heterocycles. The van der Waals surface area contributed by atoms with Gasteiger partial charge in [-0.1, -0.05) is 18.2 Å². The lowest BCUT2D eigenvalue weighted by Gasteiger charge is -2.24. The highest BCUT2D eigenvalue weighted by molar-refractivity contribution is 7.98. The van der Waals surface area contributed by atoms with E-state index in [1.807, 2.05) is 38.3 Å². The second-order valence-corrected chi connectivity index (χ2v) is 4.48. The van der Waals surface area contributed by atoms with E-state index < -0.39 is 0 Å². The fraction of sp³-hybridized carbons (Fsp3) is 0.417. The highest BCUT2D eigenvalue weighted by Crippen LogP contribution is 2.25. The van der Waals surface area contributed by atoms with Gasteiger partial charge in [0.05, 0.1) is 11.6 Å². The van der Waals surface area contributed by atoms with Gasteiger partial charge in [0.15, 0.2) is 0 Å². The maximum absolute atomic E-state index is 11.8. The molecule has 4 heteroatoms. The van der Waals surface area contributed by atoms with E-state index in [2.05, 4.69) is 5.32 Å². The third-order valence-electron chi connectivity index (χ3n) is 2.43. The standard InChI is InChI=1S/C12H18N2OS/c1-9-6-5-7-10(2)11(9)14(8-16-4)12(15)13-3/h5-7H,8H2,1-4H3,(H,13,15). The smallest absolute Gasteiger partial charge is 0.322 e. The predicted octanol–water partition coefficient (Wildman–Crippen LogP) is 2.77. The first-order chi connectivity index (χ1) is 7.61. The van der Waals surface area contributed by atoms with E-state index in [9.17, 15) is 4.79 Å². The van der Waals surface area contributed by atoms with Gasteiger partial charge in [-0.25, -0.2) is 4.79 Å². The zero-order valence-electron chi connectivity index (χ0n) is 10.2. The summed E-state index contributed by atoms with van der Waals surface area (Å²) < 4.78 is 0. The molecule has 2 amide bonds. The number of rotatable bonds is 3. The maximum atomic E-state index is 11.8. The molecule has 16 heavy (non-hydrogen) atoms. The average molecular weight is 238 g/mol. The van der Waals surface area contributed by atoms with Gasteiger partial charge in [0, 0.05) is 7.05 Å². The first-order valence-corrected chi connectivity index (χ1v) is 6.55. The predicted molar refractivity (Wildman–Crippen MR) is 71.2 cm³/mol. The van der Waals surface area contributed by atoms with Crippen LogP contribution in [0, 0.1) is 13.8 Å². The van der Waals surface area contributed by atoms with Crippen LogP contribution in [0.5, 0.6) is 0 Å². The quantitative estimate of drug-likeness (QED) is 0.821. The van der Waals surface area contributed by atoms with Crippen LogP contribution in [0.25, 0.3) is 0 Å². The van der Waals surface area contributed by atoms with Crippen molar-refractivity contribution < 1.29 is 4.79 Å². The molecule has 0 radical (unpaired) electrons. The van der Waals surface area contributed by atoms with Crippen LogP contribution in [0.2, 0.25) is 0 Å². The van der Waals surface area contributed by atoms with Crippen molar-refractivity contribution in [1.82, 2.24) is 5.32 Å². The number of hydrogen-bond donors (Lipinski definition) is 1. The van der Waals surface area contributed by atoms with Gasteiger partial charge in [-0.05, 0) is 31.2 Å². The number of nitrogens with zero attached hydrogens (tertiary/aromatic N) is 1. The number of anilines is 1. The molecule has 1 aromatic rings. The number of aryl methyl sites for hydroxylation is 2. The van der Waals surface area contributed by atoms with Crippen molar-refractivity contribution in [3.05, 3.63) is 29.3 Å². The topological polar surface area (TPSA) is 32.3 Å². The van der Waals surface area contributed by atoms with Crippen LogP contribution in [0.15, 0.2) is 18.2 Å². The van der Waals surface area contributed by atoms with E-state index in [1.54, 1.807) is 23.7 Å². The number of carbonyl (C=O) groups is 1. The first kappa shape index (κ1) is 12.9. The minimum absolute atomic E-state index is 0.0632. The molecule has 88 valence electrons. The van der Waals surface area contributed by atoms with Crippen LogP contribution >= 0.6 is 11.8 Å². The lowest BCUT2D eigenvalue weighted by molar-refractivity contribution is 0.249. The van der Waals surface area contributed by atoms with Crippen LogP contribution in [-0.2, 0) is 0 Å². The van der Waals surface area contributed by atoms with E-state index in [4.69, 9.17) is 0 Å². The summed E-state index contributed by atoms with van der Waals surface area (Å²) in [4.78, 5) is 13.6. The fourth-order valence-corrected chi connectivity index (χ4v) is 2.22. The van der Waals surface area contributed by atoms with E-state index in [0.29, 0.717) is 5.88 Å². The van der Waals surface area contributed by atoms with E-state index in [1.165, 1.54) is 0 Å². The highest BCUT2D eigenvalue weighted by atomic mass is 32.2. The Bertz CT molecular complexity index is 359. The Hall–Kier alpha value is -1.16. The molecule has 0 aliphatic rings. The number of thioether (sulfide) groups is 1. The lowest BCUT2D eigenvalue weighted by atomic mass is 10.1. The highest BCUT2D eigenvalue weighted by Gasteiger charge is 2.17. The number of para-hydroxylation sites is 1. The van der Waals surface area contributed by atoms with Crippen molar-refractivity contribution in [2.24, 2.45) is 0 Å².